The van der Waals surface area contributed by atoms with E-state index in [0.29, 0.717) is 11.8 Å². The Labute approximate surface area is 266 Å². The largest absolute Gasteiger partial charge is 2.00 e. The summed E-state index contributed by atoms with van der Waals surface area (Å²) >= 11 is 0. The fourth-order valence-electron chi connectivity index (χ4n) is 7.54. The summed E-state index contributed by atoms with van der Waals surface area (Å²) in [5.74, 6) is 0.909. The van der Waals surface area contributed by atoms with Gasteiger partial charge in [0.15, 0.2) is 0 Å². The van der Waals surface area contributed by atoms with Gasteiger partial charge in [0.2, 0.25) is 0 Å². The third kappa shape index (κ3) is 5.55. The normalized spacial score (nSPS) is 23.4. The second kappa shape index (κ2) is 10.5. The predicted molar refractivity (Wildman–Crippen MR) is 157 cm³/mol. The average molecular weight is 600 g/mol. The molecule has 3 aliphatic rings. The molecule has 210 valence electrons. The topological polar surface area (TPSA) is 0 Å². The van der Waals surface area contributed by atoms with E-state index in [2.05, 4.69) is 132 Å². The van der Waals surface area contributed by atoms with E-state index >= 15 is 0 Å². The maximum Gasteiger partial charge on any atom is 2.00 e. The van der Waals surface area contributed by atoms with E-state index in [1.165, 1.54) is 34.2 Å². The van der Waals surface area contributed by atoms with Crippen molar-refractivity contribution in [1.29, 1.82) is 0 Å². The van der Waals surface area contributed by atoms with Crippen LogP contribution in [0.2, 0.25) is 0 Å². The van der Waals surface area contributed by atoms with E-state index in [1.807, 2.05) is 0 Å². The second-order valence-electron chi connectivity index (χ2n) is 16.1. The molecule has 39 heavy (non-hydrogen) atoms. The molecule has 0 nitrogen and oxygen atoms in total. The van der Waals surface area contributed by atoms with Crippen molar-refractivity contribution in [3.8, 4) is 11.1 Å². The fourth-order valence-corrected chi connectivity index (χ4v) is 7.54. The molecule has 0 aliphatic heterocycles. The van der Waals surface area contributed by atoms with Crippen molar-refractivity contribution in [3.63, 3.8) is 0 Å². The molecule has 2 aromatic carbocycles. The quantitative estimate of drug-likeness (QED) is 0.428. The van der Waals surface area contributed by atoms with Crippen LogP contribution in [0.3, 0.4) is 0 Å². The molecule has 0 bridgehead atoms. The number of allylic oxidation sites excluding steroid dienone is 4. The smallest absolute Gasteiger partial charge is 1.00 e. The summed E-state index contributed by atoms with van der Waals surface area (Å²) in [6, 6.07) is 14.8. The maximum atomic E-state index is 2.65. The molecular weight excluding hydrogens is 551 g/mol. The zero-order valence-corrected chi connectivity index (χ0v) is 29.3. The molecule has 1 saturated carbocycles. The van der Waals surface area contributed by atoms with Crippen LogP contribution in [-0.2, 0) is 32.5 Å². The third-order valence-electron chi connectivity index (χ3n) is 9.58. The number of hydrogen-bond donors (Lipinski definition) is 0. The zero-order chi connectivity index (χ0) is 26.6. The van der Waals surface area contributed by atoms with Crippen molar-refractivity contribution >= 4 is 0 Å². The minimum Gasteiger partial charge on any atom is -1.00 e. The molecule has 3 aliphatic carbocycles. The van der Waals surface area contributed by atoms with Crippen LogP contribution in [0.5, 0.6) is 0 Å². The van der Waals surface area contributed by atoms with Gasteiger partial charge in [-0.15, -0.1) is 0 Å². The van der Waals surface area contributed by atoms with E-state index in [9.17, 15) is 0 Å². The van der Waals surface area contributed by atoms with Crippen LogP contribution in [0.15, 0.2) is 59.7 Å². The fraction of sp³-hybridized carbons (Fsp3) is 0.556. The van der Waals surface area contributed by atoms with E-state index in [1.54, 1.807) is 16.7 Å². The van der Waals surface area contributed by atoms with Gasteiger partial charge in [0.25, 0.3) is 0 Å². The Hall–Kier alpha value is -0.786. The van der Waals surface area contributed by atoms with Crippen LogP contribution < -0.4 is 24.8 Å². The van der Waals surface area contributed by atoms with Crippen LogP contribution in [0, 0.1) is 22.2 Å². The Balaban J connectivity index is 0.00000178. The number of rotatable bonds is 1. The maximum absolute atomic E-state index is 2.65. The Morgan fingerprint density at radius 2 is 1.10 bits per heavy atom. The van der Waals surface area contributed by atoms with E-state index in [4.69, 9.17) is 0 Å². The average Bonchev–Trinajstić information content (AvgIpc) is 3.37. The molecule has 2 unspecified atom stereocenters. The van der Waals surface area contributed by atoms with Gasteiger partial charge in [-0.05, 0) is 72.4 Å². The second-order valence-corrected chi connectivity index (χ2v) is 16.1. The number of benzene rings is 2. The van der Waals surface area contributed by atoms with E-state index < -0.39 is 0 Å². The van der Waals surface area contributed by atoms with Crippen LogP contribution in [0.25, 0.3) is 11.1 Å². The Kier molecular flexibility index (Phi) is 9.26. The van der Waals surface area contributed by atoms with Gasteiger partial charge in [-0.2, -0.15) is 0 Å². The molecule has 2 atom stereocenters. The molecule has 0 radical (unpaired) electrons. The predicted octanol–water partition coefficient (Wildman–Crippen LogP) is 4.36. The number of fused-ring (bicyclic) bond motifs is 4. The first-order chi connectivity index (χ1) is 16.3. The molecule has 0 heterocycles. The first-order valence-corrected chi connectivity index (χ1v) is 14.1. The van der Waals surface area contributed by atoms with Crippen molar-refractivity contribution < 1.29 is 46.5 Å². The summed E-state index contributed by atoms with van der Waals surface area (Å²) in [6.07, 6.45) is 6.43. The van der Waals surface area contributed by atoms with E-state index in [-0.39, 0.29) is 73.6 Å². The van der Waals surface area contributed by atoms with Gasteiger partial charge in [0.05, 0.1) is 0 Å². The number of hydrogen-bond acceptors (Lipinski definition) is 0. The van der Waals surface area contributed by atoms with E-state index in [0.717, 1.165) is 0 Å². The summed E-state index contributed by atoms with van der Waals surface area (Å²) < 4.78 is 0. The molecule has 0 N–H and O–H groups in total. The van der Waals surface area contributed by atoms with Crippen molar-refractivity contribution in [2.24, 2.45) is 22.2 Å². The van der Waals surface area contributed by atoms with Gasteiger partial charge in [-0.3, -0.25) is 0 Å². The van der Waals surface area contributed by atoms with Gasteiger partial charge in [-0.25, -0.2) is 0 Å². The van der Waals surface area contributed by atoms with Gasteiger partial charge < -0.3 is 24.8 Å². The van der Waals surface area contributed by atoms with Crippen LogP contribution in [-0.4, -0.2) is 0 Å². The zero-order valence-electron chi connectivity index (χ0n) is 26.2. The molecule has 0 spiro atoms. The molecule has 1 fully saturated rings. The monoisotopic (exact) mass is 598 g/mol. The summed E-state index contributed by atoms with van der Waals surface area (Å²) in [4.78, 5) is 0. The summed E-state index contributed by atoms with van der Waals surface area (Å²) in [7, 11) is 0. The van der Waals surface area contributed by atoms with Crippen LogP contribution in [0.4, 0.5) is 0 Å². The van der Waals surface area contributed by atoms with Gasteiger partial charge >= 0.3 is 21.7 Å². The summed E-state index contributed by atoms with van der Waals surface area (Å²) in [6.45, 7) is 28.7. The third-order valence-corrected chi connectivity index (χ3v) is 9.58. The molecule has 5 rings (SSSR count). The Morgan fingerprint density at radius 1 is 0.667 bits per heavy atom. The summed E-state index contributed by atoms with van der Waals surface area (Å²) in [5, 5.41) is 0. The standard InChI is InChI=1S/C36H48.2ClH.Ti/c1-32(2,3)22-13-15-25-27(17-22)28-18-23(33(4,5)6)14-16-26(28)31(25)36(12)21-35(10,11)29-19-24(20-30(29)36)34(7,8)9;;;/h13-20,30-31H,21H2,1-12H3;2*1H;/q;;;+2/p-2. The minimum absolute atomic E-state index is 0. The van der Waals surface area contributed by atoms with Gasteiger partial charge in [0, 0.05) is 11.8 Å². The first-order valence-electron chi connectivity index (χ1n) is 14.1. The first kappa shape index (κ1) is 34.4. The SMILES string of the molecule is CC(C)(C)C1=CC2C(=C1)C(C)(C)CC2(C)C1c2ccc(C(C)(C)C)cc2-c2cc(C(C)(C)C)ccc21.[Cl-].[Cl-].[Ti+2]. The molecule has 0 saturated heterocycles. The molecule has 0 amide bonds. The molecule has 0 aromatic heterocycles. The number of halogens is 2. The molecule has 3 heteroatoms. The van der Waals surface area contributed by atoms with Crippen molar-refractivity contribution in [3.05, 3.63) is 82.0 Å². The molecular formula is C36H48Cl2Ti. The Bertz CT molecular complexity index is 1240. The van der Waals surface area contributed by atoms with Crippen LogP contribution in [0.1, 0.15) is 118 Å². The summed E-state index contributed by atoms with van der Waals surface area (Å²) in [5.41, 5.74) is 12.9. The van der Waals surface area contributed by atoms with Gasteiger partial charge in [0.1, 0.15) is 0 Å². The Morgan fingerprint density at radius 3 is 1.49 bits per heavy atom. The minimum atomic E-state index is 0. The van der Waals surface area contributed by atoms with Crippen molar-refractivity contribution in [2.45, 2.75) is 106 Å². The van der Waals surface area contributed by atoms with Gasteiger partial charge in [-0.1, -0.05) is 137 Å². The van der Waals surface area contributed by atoms with Crippen LogP contribution >= 0.6 is 0 Å². The van der Waals surface area contributed by atoms with Crippen molar-refractivity contribution in [2.75, 3.05) is 0 Å². The molecule has 2 aromatic rings. The van der Waals surface area contributed by atoms with Crippen molar-refractivity contribution in [1.82, 2.24) is 0 Å².